The number of allylic oxidation sites excluding steroid dienone is 1. The van der Waals surface area contributed by atoms with Crippen LogP contribution in [0.15, 0.2) is 189 Å². The molecular formula is C55H37N5. The highest BCUT2D eigenvalue weighted by Gasteiger charge is 2.24. The molecule has 0 unspecified atom stereocenters. The minimum atomic E-state index is 0.804. The number of hydrogen-bond acceptors (Lipinski definition) is 2. The molecule has 4 heterocycles. The van der Waals surface area contributed by atoms with Crippen LogP contribution in [0.3, 0.4) is 0 Å². The Hall–Kier alpha value is -8.02. The van der Waals surface area contributed by atoms with Gasteiger partial charge in [0, 0.05) is 49.1 Å². The summed E-state index contributed by atoms with van der Waals surface area (Å²) < 4.78 is 7.14. The zero-order chi connectivity index (χ0) is 39.9. The first-order valence-electron chi connectivity index (χ1n) is 20.4. The van der Waals surface area contributed by atoms with E-state index in [-0.39, 0.29) is 0 Å². The molecule has 0 aliphatic carbocycles. The second kappa shape index (κ2) is 13.3. The van der Waals surface area contributed by atoms with Crippen molar-refractivity contribution in [1.82, 2.24) is 23.7 Å². The van der Waals surface area contributed by atoms with Crippen LogP contribution < -0.4 is 0 Å². The van der Waals surface area contributed by atoms with E-state index in [2.05, 4.69) is 185 Å². The number of nitrogens with zero attached hydrogens (tertiary/aromatic N) is 5. The van der Waals surface area contributed by atoms with Gasteiger partial charge < -0.3 is 9.13 Å². The summed E-state index contributed by atoms with van der Waals surface area (Å²) in [4.78, 5) is 10.6. The lowest BCUT2D eigenvalue weighted by Crippen LogP contribution is -2.04. The second-order valence-electron chi connectivity index (χ2n) is 15.3. The van der Waals surface area contributed by atoms with Gasteiger partial charge in [0.2, 0.25) is 0 Å². The van der Waals surface area contributed by atoms with Crippen molar-refractivity contribution in [2.75, 3.05) is 0 Å². The zero-order valence-corrected chi connectivity index (χ0v) is 32.9. The predicted molar refractivity (Wildman–Crippen MR) is 253 cm³/mol. The first-order chi connectivity index (χ1) is 29.7. The molecule has 0 amide bonds. The summed E-state index contributed by atoms with van der Waals surface area (Å²) in [7, 11) is 0. The van der Waals surface area contributed by atoms with Crippen molar-refractivity contribution in [3.8, 4) is 28.5 Å². The van der Waals surface area contributed by atoms with Crippen LogP contribution in [0.5, 0.6) is 0 Å². The van der Waals surface area contributed by atoms with Gasteiger partial charge in [-0.15, -0.1) is 0 Å². The molecule has 0 radical (unpaired) electrons. The van der Waals surface area contributed by atoms with Gasteiger partial charge in [0.15, 0.2) is 5.82 Å². The van der Waals surface area contributed by atoms with Gasteiger partial charge in [0.1, 0.15) is 5.69 Å². The van der Waals surface area contributed by atoms with Crippen LogP contribution in [0, 0.1) is 0 Å². The molecule has 12 aromatic rings. The van der Waals surface area contributed by atoms with Gasteiger partial charge in [-0.3, -0.25) is 4.57 Å². The topological polar surface area (TPSA) is 40.6 Å². The maximum Gasteiger partial charge on any atom is 0.165 e. The Balaban J connectivity index is 1.15. The highest BCUT2D eigenvalue weighted by atomic mass is 15.1. The van der Waals surface area contributed by atoms with Gasteiger partial charge in [-0.25, -0.2) is 9.97 Å². The van der Waals surface area contributed by atoms with Crippen LogP contribution in [-0.2, 0) is 0 Å². The van der Waals surface area contributed by atoms with Gasteiger partial charge in [0.05, 0.1) is 50.0 Å². The Morgan fingerprint density at radius 3 is 1.88 bits per heavy atom. The molecule has 4 aromatic heterocycles. The van der Waals surface area contributed by atoms with Crippen LogP contribution in [0.4, 0.5) is 0 Å². The van der Waals surface area contributed by atoms with Crippen molar-refractivity contribution in [1.29, 1.82) is 0 Å². The molecule has 8 aromatic carbocycles. The van der Waals surface area contributed by atoms with E-state index in [1.807, 2.05) is 36.4 Å². The summed E-state index contributed by atoms with van der Waals surface area (Å²) in [5, 5.41) is 8.34. The Morgan fingerprint density at radius 1 is 0.483 bits per heavy atom. The first-order valence-corrected chi connectivity index (χ1v) is 20.4. The predicted octanol–water partition coefficient (Wildman–Crippen LogP) is 14.3. The number of rotatable bonds is 6. The van der Waals surface area contributed by atoms with Crippen LogP contribution in [0.1, 0.15) is 18.2 Å². The van der Waals surface area contributed by atoms with E-state index in [0.29, 0.717) is 0 Å². The average molecular weight is 768 g/mol. The number of benzene rings is 8. The van der Waals surface area contributed by atoms with Crippen molar-refractivity contribution < 1.29 is 0 Å². The van der Waals surface area contributed by atoms with Crippen LogP contribution in [0.2, 0.25) is 0 Å². The molecule has 0 atom stereocenters. The molecule has 0 bridgehead atoms. The maximum atomic E-state index is 5.34. The average Bonchev–Trinajstić information content (AvgIpc) is 3.93. The summed E-state index contributed by atoms with van der Waals surface area (Å²) in [6.45, 7) is 6.52. The molecule has 282 valence electrons. The normalized spacial score (nSPS) is 12.1. The summed E-state index contributed by atoms with van der Waals surface area (Å²) in [5.41, 5.74) is 13.6. The second-order valence-corrected chi connectivity index (χ2v) is 15.3. The van der Waals surface area contributed by atoms with Crippen molar-refractivity contribution >= 4 is 88.5 Å². The molecule has 0 saturated heterocycles. The molecule has 0 saturated carbocycles. The fraction of sp³-hybridized carbons (Fsp3) is 0.0182. The molecule has 0 aliphatic heterocycles. The maximum absolute atomic E-state index is 5.34. The van der Waals surface area contributed by atoms with Crippen molar-refractivity contribution in [3.05, 3.63) is 200 Å². The largest absolute Gasteiger partial charge is 0.309 e. The number of para-hydroxylation sites is 4. The third-order valence-corrected chi connectivity index (χ3v) is 12.1. The fourth-order valence-electron chi connectivity index (χ4n) is 9.62. The van der Waals surface area contributed by atoms with Crippen LogP contribution in [0.25, 0.3) is 117 Å². The monoisotopic (exact) mass is 767 g/mol. The van der Waals surface area contributed by atoms with Gasteiger partial charge in [-0.1, -0.05) is 134 Å². The Morgan fingerprint density at radius 2 is 1.10 bits per heavy atom. The molecule has 5 heteroatoms. The van der Waals surface area contributed by atoms with E-state index in [9.17, 15) is 0 Å². The number of hydrogen-bond donors (Lipinski definition) is 0. The molecule has 0 fully saturated rings. The smallest absolute Gasteiger partial charge is 0.165 e. The number of fused-ring (bicyclic) bond motifs is 10. The SMILES string of the molecule is C=Cc1c(/C=C\C)n(-c2ccc3c(c2)c2ccccc2n3-c2nc3ccccc3nc2-c2ccccc2)c2ccc3c(c4ccccc4n3-c3cccc4ccccc34)c12. The van der Waals surface area contributed by atoms with Gasteiger partial charge in [-0.2, -0.15) is 0 Å². The minimum Gasteiger partial charge on any atom is -0.309 e. The molecule has 12 rings (SSSR count). The molecule has 0 N–H and O–H groups in total. The minimum absolute atomic E-state index is 0.804. The Labute approximate surface area is 346 Å². The molecular weight excluding hydrogens is 731 g/mol. The third kappa shape index (κ3) is 4.87. The van der Waals surface area contributed by atoms with E-state index < -0.39 is 0 Å². The van der Waals surface area contributed by atoms with Gasteiger partial charge in [0.25, 0.3) is 0 Å². The Bertz CT molecular complexity index is 3740. The van der Waals surface area contributed by atoms with E-state index in [4.69, 9.17) is 9.97 Å². The van der Waals surface area contributed by atoms with E-state index in [1.54, 1.807) is 0 Å². The zero-order valence-electron chi connectivity index (χ0n) is 32.9. The quantitative estimate of drug-likeness (QED) is 0.169. The highest BCUT2D eigenvalue weighted by molar-refractivity contribution is 6.24. The summed E-state index contributed by atoms with van der Waals surface area (Å²) in [5.74, 6) is 0.804. The van der Waals surface area contributed by atoms with Gasteiger partial charge in [-0.05, 0) is 79.0 Å². The Kier molecular flexibility index (Phi) is 7.53. The van der Waals surface area contributed by atoms with Crippen molar-refractivity contribution in [2.45, 2.75) is 6.92 Å². The standard InChI is InChI=1S/C55H37N5/c1-3-17-45-38(4-2)52-50(32-33-51-53(52)41-24-11-15-28-48(41)59(51)46-29-16-21-35-18-8-9-22-39(35)46)58(45)37-30-31-49-42(34-37)40-23-10-14-27-47(40)60(49)55-54(36-19-6-5-7-20-36)56-43-25-12-13-26-44(43)57-55/h3-34H,2H2,1H3/b17-3-. The molecule has 60 heavy (non-hydrogen) atoms. The van der Waals surface area contributed by atoms with Crippen LogP contribution >= 0.6 is 0 Å². The highest BCUT2D eigenvalue weighted by Crippen LogP contribution is 2.44. The van der Waals surface area contributed by atoms with E-state index in [0.717, 1.165) is 77.9 Å². The van der Waals surface area contributed by atoms with Crippen molar-refractivity contribution in [2.24, 2.45) is 0 Å². The van der Waals surface area contributed by atoms with Crippen LogP contribution in [-0.4, -0.2) is 23.7 Å². The third-order valence-electron chi connectivity index (χ3n) is 12.1. The lowest BCUT2D eigenvalue weighted by atomic mass is 10.0. The van der Waals surface area contributed by atoms with E-state index in [1.165, 1.54) is 38.1 Å². The number of aromatic nitrogens is 5. The molecule has 0 aliphatic rings. The van der Waals surface area contributed by atoms with Crippen molar-refractivity contribution in [3.63, 3.8) is 0 Å². The molecule has 5 nitrogen and oxygen atoms in total. The first kappa shape index (κ1) is 34.1. The summed E-state index contributed by atoms with van der Waals surface area (Å²) in [6, 6.07) is 62.6. The summed E-state index contributed by atoms with van der Waals surface area (Å²) in [6.07, 6.45) is 6.38. The molecule has 0 spiro atoms. The summed E-state index contributed by atoms with van der Waals surface area (Å²) >= 11 is 0. The lowest BCUT2D eigenvalue weighted by molar-refractivity contribution is 1.07. The van der Waals surface area contributed by atoms with E-state index >= 15 is 0 Å². The lowest BCUT2D eigenvalue weighted by Gasteiger charge is -2.14. The fourth-order valence-corrected chi connectivity index (χ4v) is 9.62. The van der Waals surface area contributed by atoms with Gasteiger partial charge >= 0.3 is 0 Å².